The summed E-state index contributed by atoms with van der Waals surface area (Å²) in [5, 5.41) is 0. The van der Waals surface area contributed by atoms with Crippen molar-refractivity contribution in [2.75, 3.05) is 19.6 Å². The summed E-state index contributed by atoms with van der Waals surface area (Å²) in [6, 6.07) is 0. The van der Waals surface area contributed by atoms with Crippen LogP contribution in [0, 0.1) is 5.41 Å². The summed E-state index contributed by atoms with van der Waals surface area (Å²) in [7, 11) is 0. The van der Waals surface area contributed by atoms with Crippen molar-refractivity contribution in [2.45, 2.75) is 64.3 Å². The molecule has 0 aromatic rings. The van der Waals surface area contributed by atoms with Crippen LogP contribution < -0.4 is 5.73 Å². The van der Waals surface area contributed by atoms with Crippen molar-refractivity contribution < 1.29 is 0 Å². The van der Waals surface area contributed by atoms with Gasteiger partial charge in [0, 0.05) is 12.1 Å². The second-order valence-corrected chi connectivity index (χ2v) is 6.25. The lowest BCUT2D eigenvalue weighted by Crippen LogP contribution is -2.55. The third kappa shape index (κ3) is 2.14. The van der Waals surface area contributed by atoms with E-state index in [0.717, 1.165) is 12.0 Å². The lowest BCUT2D eigenvalue weighted by molar-refractivity contribution is 0.0293. The molecule has 0 aromatic heterocycles. The Kier molecular flexibility index (Phi) is 3.60. The fourth-order valence-corrected chi connectivity index (χ4v) is 3.64. The number of nitrogens with two attached hydrogens (primary N) is 1. The molecule has 0 amide bonds. The Labute approximate surface area is 101 Å². The highest BCUT2D eigenvalue weighted by Gasteiger charge is 2.40. The molecule has 2 N–H and O–H groups in total. The Hall–Kier alpha value is -0.0800. The standard InChI is InChI=1S/C14H28N2/c1-3-13(2,12-15)16-10-8-14(9-11-16)6-4-5-7-14/h3-12,15H2,1-2H3. The normalized spacial score (nSPS) is 29.4. The van der Waals surface area contributed by atoms with Crippen molar-refractivity contribution in [1.29, 1.82) is 0 Å². The number of piperidine rings is 1. The van der Waals surface area contributed by atoms with Crippen LogP contribution in [0.25, 0.3) is 0 Å². The first-order valence-corrected chi connectivity index (χ1v) is 7.09. The van der Waals surface area contributed by atoms with Crippen LogP contribution in [-0.2, 0) is 0 Å². The number of hydrogen-bond donors (Lipinski definition) is 1. The van der Waals surface area contributed by atoms with Crippen LogP contribution in [0.15, 0.2) is 0 Å². The molecule has 1 saturated heterocycles. The van der Waals surface area contributed by atoms with Crippen molar-refractivity contribution in [3.8, 4) is 0 Å². The summed E-state index contributed by atoms with van der Waals surface area (Å²) in [5.74, 6) is 0. The first-order chi connectivity index (χ1) is 7.64. The van der Waals surface area contributed by atoms with E-state index in [9.17, 15) is 0 Å². The lowest BCUT2D eigenvalue weighted by atomic mass is 9.76. The van der Waals surface area contributed by atoms with Gasteiger partial charge in [-0.1, -0.05) is 19.8 Å². The zero-order valence-electron chi connectivity index (χ0n) is 11.1. The maximum absolute atomic E-state index is 5.95. The Morgan fingerprint density at radius 1 is 1.12 bits per heavy atom. The Bertz CT molecular complexity index is 217. The van der Waals surface area contributed by atoms with Crippen LogP contribution in [0.5, 0.6) is 0 Å². The van der Waals surface area contributed by atoms with Gasteiger partial charge in [0.2, 0.25) is 0 Å². The molecule has 94 valence electrons. The third-order valence-corrected chi connectivity index (χ3v) is 5.45. The van der Waals surface area contributed by atoms with Crippen LogP contribution in [-0.4, -0.2) is 30.1 Å². The van der Waals surface area contributed by atoms with E-state index in [2.05, 4.69) is 18.7 Å². The molecular weight excluding hydrogens is 196 g/mol. The Morgan fingerprint density at radius 3 is 2.12 bits per heavy atom. The smallest absolute Gasteiger partial charge is 0.0300 e. The van der Waals surface area contributed by atoms with Crippen LogP contribution in [0.2, 0.25) is 0 Å². The van der Waals surface area contributed by atoms with Gasteiger partial charge in [-0.3, -0.25) is 4.90 Å². The van der Waals surface area contributed by atoms with Crippen molar-refractivity contribution in [3.05, 3.63) is 0 Å². The molecule has 0 aromatic carbocycles. The first kappa shape index (κ1) is 12.4. The van der Waals surface area contributed by atoms with E-state index in [1.807, 2.05) is 0 Å². The molecule has 2 rings (SSSR count). The van der Waals surface area contributed by atoms with Gasteiger partial charge in [-0.05, 0) is 57.5 Å². The maximum atomic E-state index is 5.95. The molecule has 1 unspecified atom stereocenters. The van der Waals surface area contributed by atoms with Gasteiger partial charge in [-0.2, -0.15) is 0 Å². The SMILES string of the molecule is CCC(C)(CN)N1CCC2(CCCC2)CC1. The highest BCUT2D eigenvalue weighted by atomic mass is 15.2. The Balaban J connectivity index is 1.94. The largest absolute Gasteiger partial charge is 0.329 e. The average Bonchev–Trinajstić information content (AvgIpc) is 2.77. The molecule has 2 nitrogen and oxygen atoms in total. The number of nitrogens with zero attached hydrogens (tertiary/aromatic N) is 1. The first-order valence-electron chi connectivity index (χ1n) is 7.09. The molecule has 1 atom stereocenters. The van der Waals surface area contributed by atoms with Crippen molar-refractivity contribution in [1.82, 2.24) is 4.90 Å². The zero-order valence-corrected chi connectivity index (χ0v) is 11.1. The van der Waals surface area contributed by atoms with Gasteiger partial charge >= 0.3 is 0 Å². The minimum absolute atomic E-state index is 0.250. The predicted octanol–water partition coefficient (Wildman–Crippen LogP) is 2.77. The van der Waals surface area contributed by atoms with E-state index in [1.54, 1.807) is 0 Å². The van der Waals surface area contributed by atoms with Crippen molar-refractivity contribution >= 4 is 0 Å². The molecular formula is C14H28N2. The predicted molar refractivity (Wildman–Crippen MR) is 69.5 cm³/mol. The van der Waals surface area contributed by atoms with Crippen LogP contribution in [0.1, 0.15) is 58.8 Å². The van der Waals surface area contributed by atoms with Gasteiger partial charge in [-0.15, -0.1) is 0 Å². The van der Waals surface area contributed by atoms with E-state index >= 15 is 0 Å². The van der Waals surface area contributed by atoms with Crippen LogP contribution in [0.4, 0.5) is 0 Å². The van der Waals surface area contributed by atoms with Gasteiger partial charge in [0.15, 0.2) is 0 Å². The number of hydrogen-bond acceptors (Lipinski definition) is 2. The van der Waals surface area contributed by atoms with Gasteiger partial charge in [0.05, 0.1) is 0 Å². The molecule has 1 aliphatic carbocycles. The molecule has 1 spiro atoms. The molecule has 1 saturated carbocycles. The Morgan fingerprint density at radius 2 is 1.69 bits per heavy atom. The van der Waals surface area contributed by atoms with E-state index in [0.29, 0.717) is 0 Å². The summed E-state index contributed by atoms with van der Waals surface area (Å²) in [6.45, 7) is 7.96. The van der Waals surface area contributed by atoms with Gasteiger partial charge < -0.3 is 5.73 Å². The lowest BCUT2D eigenvalue weighted by Gasteiger charge is -2.47. The highest BCUT2D eigenvalue weighted by Crippen LogP contribution is 2.47. The second-order valence-electron chi connectivity index (χ2n) is 6.25. The molecule has 2 fully saturated rings. The molecule has 2 aliphatic rings. The monoisotopic (exact) mass is 224 g/mol. The maximum Gasteiger partial charge on any atom is 0.0300 e. The van der Waals surface area contributed by atoms with Crippen molar-refractivity contribution in [2.24, 2.45) is 11.1 Å². The van der Waals surface area contributed by atoms with Crippen LogP contribution in [0.3, 0.4) is 0 Å². The minimum atomic E-state index is 0.250. The highest BCUT2D eigenvalue weighted by molar-refractivity contribution is 4.95. The summed E-state index contributed by atoms with van der Waals surface area (Å²) < 4.78 is 0. The summed E-state index contributed by atoms with van der Waals surface area (Å²) >= 11 is 0. The zero-order chi connectivity index (χ0) is 11.6. The quantitative estimate of drug-likeness (QED) is 0.798. The van der Waals surface area contributed by atoms with Gasteiger partial charge in [0.25, 0.3) is 0 Å². The summed E-state index contributed by atoms with van der Waals surface area (Å²) in [4.78, 5) is 2.65. The molecule has 0 bridgehead atoms. The van der Waals surface area contributed by atoms with E-state index in [-0.39, 0.29) is 5.54 Å². The summed E-state index contributed by atoms with van der Waals surface area (Å²) in [5.41, 5.74) is 6.94. The second kappa shape index (κ2) is 4.66. The van der Waals surface area contributed by atoms with E-state index in [1.165, 1.54) is 58.0 Å². The number of likely N-dealkylation sites (tertiary alicyclic amines) is 1. The van der Waals surface area contributed by atoms with Crippen LogP contribution >= 0.6 is 0 Å². The minimum Gasteiger partial charge on any atom is -0.329 e. The fraction of sp³-hybridized carbons (Fsp3) is 1.00. The number of rotatable bonds is 3. The van der Waals surface area contributed by atoms with E-state index in [4.69, 9.17) is 5.73 Å². The van der Waals surface area contributed by atoms with Crippen molar-refractivity contribution in [3.63, 3.8) is 0 Å². The molecule has 2 heteroatoms. The fourth-order valence-electron chi connectivity index (χ4n) is 3.64. The van der Waals surface area contributed by atoms with Gasteiger partial charge in [0.1, 0.15) is 0 Å². The average molecular weight is 224 g/mol. The molecule has 16 heavy (non-hydrogen) atoms. The topological polar surface area (TPSA) is 29.3 Å². The van der Waals surface area contributed by atoms with Gasteiger partial charge in [-0.25, -0.2) is 0 Å². The molecule has 1 aliphatic heterocycles. The van der Waals surface area contributed by atoms with E-state index < -0.39 is 0 Å². The molecule has 1 heterocycles. The summed E-state index contributed by atoms with van der Waals surface area (Å²) in [6.07, 6.45) is 9.95. The third-order valence-electron chi connectivity index (χ3n) is 5.45. The molecule has 0 radical (unpaired) electrons.